The highest BCUT2D eigenvalue weighted by Crippen LogP contribution is 2.29. The van der Waals surface area contributed by atoms with Crippen molar-refractivity contribution in [3.05, 3.63) is 60.3 Å². The Balaban J connectivity index is 1.38. The van der Waals surface area contributed by atoms with Gasteiger partial charge in [-0.3, -0.25) is 4.79 Å². The second-order valence-electron chi connectivity index (χ2n) is 5.84. The number of thioether (sulfide) groups is 1. The lowest BCUT2D eigenvalue weighted by atomic mass is 10.2. The zero-order valence-electron chi connectivity index (χ0n) is 14.4. The average molecular weight is 394 g/mol. The smallest absolute Gasteiger partial charge is 0.335 e. The highest BCUT2D eigenvalue weighted by atomic mass is 32.2. The maximum absolute atomic E-state index is 12.1. The van der Waals surface area contributed by atoms with Gasteiger partial charge in [-0.25, -0.2) is 4.79 Å². The standard InChI is InChI=1S/C19H14N4O4S/c24-16(21-12-7-5-11(6-8-12)18(25)26)10-28-19-23-22-17(27-19)14-9-20-15-4-2-1-3-13(14)15/h1-9,20H,10H2,(H,21,24)(H,25,26). The van der Waals surface area contributed by atoms with Crippen molar-refractivity contribution in [2.75, 3.05) is 11.1 Å². The molecular formula is C19H14N4O4S. The minimum Gasteiger partial charge on any atom is -0.478 e. The predicted molar refractivity (Wildman–Crippen MR) is 104 cm³/mol. The van der Waals surface area contributed by atoms with Gasteiger partial charge in [-0.2, -0.15) is 0 Å². The summed E-state index contributed by atoms with van der Waals surface area (Å²) in [5.74, 6) is -0.823. The topological polar surface area (TPSA) is 121 Å². The van der Waals surface area contributed by atoms with Crippen LogP contribution in [0.2, 0.25) is 0 Å². The Kier molecular flexibility index (Phi) is 4.81. The summed E-state index contributed by atoms with van der Waals surface area (Å²) in [4.78, 5) is 26.1. The number of para-hydroxylation sites is 1. The number of aromatic carboxylic acids is 1. The Morgan fingerprint density at radius 1 is 1.11 bits per heavy atom. The molecule has 1 amide bonds. The number of hydrogen-bond donors (Lipinski definition) is 3. The molecule has 3 N–H and O–H groups in total. The number of aromatic amines is 1. The number of carbonyl (C=O) groups excluding carboxylic acids is 1. The second kappa shape index (κ2) is 7.57. The molecule has 9 heteroatoms. The summed E-state index contributed by atoms with van der Waals surface area (Å²) in [6.07, 6.45) is 1.81. The largest absolute Gasteiger partial charge is 0.478 e. The highest BCUT2D eigenvalue weighted by molar-refractivity contribution is 7.99. The van der Waals surface area contributed by atoms with E-state index >= 15 is 0 Å². The summed E-state index contributed by atoms with van der Waals surface area (Å²) in [6.45, 7) is 0. The number of fused-ring (bicyclic) bond motifs is 1. The molecule has 2 aromatic heterocycles. The Morgan fingerprint density at radius 3 is 2.68 bits per heavy atom. The molecule has 0 aliphatic heterocycles. The first-order valence-corrected chi connectivity index (χ1v) is 9.25. The van der Waals surface area contributed by atoms with Crippen LogP contribution >= 0.6 is 11.8 Å². The molecule has 0 radical (unpaired) electrons. The van der Waals surface area contributed by atoms with E-state index in [1.807, 2.05) is 24.3 Å². The summed E-state index contributed by atoms with van der Waals surface area (Å²) >= 11 is 1.12. The Labute approximate surface area is 163 Å². The molecule has 0 unspecified atom stereocenters. The van der Waals surface area contributed by atoms with E-state index in [1.165, 1.54) is 24.3 Å². The molecule has 4 rings (SSSR count). The molecular weight excluding hydrogens is 380 g/mol. The third-order valence-electron chi connectivity index (χ3n) is 3.97. The van der Waals surface area contributed by atoms with Crippen LogP contribution in [0.15, 0.2) is 64.4 Å². The average Bonchev–Trinajstić information content (AvgIpc) is 3.33. The van der Waals surface area contributed by atoms with Gasteiger partial charge in [0.1, 0.15) is 0 Å². The number of H-pyrrole nitrogens is 1. The highest BCUT2D eigenvalue weighted by Gasteiger charge is 2.14. The first-order valence-electron chi connectivity index (χ1n) is 8.26. The van der Waals surface area contributed by atoms with E-state index in [1.54, 1.807) is 6.20 Å². The van der Waals surface area contributed by atoms with E-state index in [4.69, 9.17) is 9.52 Å². The monoisotopic (exact) mass is 394 g/mol. The van der Waals surface area contributed by atoms with Crippen LogP contribution in [0.25, 0.3) is 22.4 Å². The molecule has 0 spiro atoms. The number of amides is 1. The molecule has 0 aliphatic carbocycles. The van der Waals surface area contributed by atoms with Gasteiger partial charge in [0, 0.05) is 22.8 Å². The number of hydrogen-bond acceptors (Lipinski definition) is 6. The number of carboxylic acids is 1. The van der Waals surface area contributed by atoms with Crippen LogP contribution in [0, 0.1) is 0 Å². The molecule has 0 aliphatic rings. The lowest BCUT2D eigenvalue weighted by Crippen LogP contribution is -2.14. The van der Waals surface area contributed by atoms with Gasteiger partial charge in [0.25, 0.3) is 11.1 Å². The van der Waals surface area contributed by atoms with Crippen LogP contribution in [-0.2, 0) is 4.79 Å². The molecule has 2 aromatic carbocycles. The third-order valence-corrected chi connectivity index (χ3v) is 4.79. The molecule has 140 valence electrons. The molecule has 8 nitrogen and oxygen atoms in total. The number of rotatable bonds is 6. The normalized spacial score (nSPS) is 10.9. The lowest BCUT2D eigenvalue weighted by Gasteiger charge is -2.04. The SMILES string of the molecule is O=C(CSc1nnc(-c2c[nH]c3ccccc23)o1)Nc1ccc(C(=O)O)cc1. The van der Waals surface area contributed by atoms with E-state index in [-0.39, 0.29) is 22.4 Å². The fourth-order valence-electron chi connectivity index (χ4n) is 2.65. The lowest BCUT2D eigenvalue weighted by molar-refractivity contribution is -0.113. The van der Waals surface area contributed by atoms with Gasteiger partial charge in [-0.15, -0.1) is 10.2 Å². The van der Waals surface area contributed by atoms with Gasteiger partial charge in [-0.1, -0.05) is 30.0 Å². The van der Waals surface area contributed by atoms with Crippen molar-refractivity contribution in [3.8, 4) is 11.5 Å². The van der Waals surface area contributed by atoms with Crippen molar-refractivity contribution in [2.24, 2.45) is 0 Å². The maximum atomic E-state index is 12.1. The van der Waals surface area contributed by atoms with Gasteiger partial charge in [0.2, 0.25) is 5.91 Å². The molecule has 28 heavy (non-hydrogen) atoms. The number of carboxylic acid groups (broad SMARTS) is 1. The first-order chi connectivity index (χ1) is 13.6. The Morgan fingerprint density at radius 2 is 1.89 bits per heavy atom. The van der Waals surface area contributed by atoms with Crippen molar-refractivity contribution >= 4 is 40.2 Å². The molecule has 0 bridgehead atoms. The van der Waals surface area contributed by atoms with Gasteiger partial charge >= 0.3 is 5.97 Å². The fraction of sp³-hybridized carbons (Fsp3) is 0.0526. The second-order valence-corrected chi connectivity index (χ2v) is 6.77. The molecule has 0 atom stereocenters. The van der Waals surface area contributed by atoms with E-state index in [0.29, 0.717) is 11.6 Å². The van der Waals surface area contributed by atoms with Crippen LogP contribution < -0.4 is 5.32 Å². The molecule has 0 fully saturated rings. The number of benzene rings is 2. The summed E-state index contributed by atoms with van der Waals surface area (Å²) in [6, 6.07) is 13.7. The summed E-state index contributed by atoms with van der Waals surface area (Å²) in [5.41, 5.74) is 2.44. The van der Waals surface area contributed by atoms with Crippen LogP contribution in [0.1, 0.15) is 10.4 Å². The van der Waals surface area contributed by atoms with Gasteiger partial charge < -0.3 is 19.8 Å². The number of anilines is 1. The molecule has 0 saturated heterocycles. The zero-order valence-corrected chi connectivity index (χ0v) is 15.2. The fourth-order valence-corrected chi connectivity index (χ4v) is 3.21. The Bertz CT molecular complexity index is 1150. The zero-order chi connectivity index (χ0) is 19.5. The van der Waals surface area contributed by atoms with Crippen LogP contribution in [-0.4, -0.2) is 37.9 Å². The molecule has 2 heterocycles. The van der Waals surface area contributed by atoms with Crippen molar-refractivity contribution in [3.63, 3.8) is 0 Å². The first kappa shape index (κ1) is 17.8. The van der Waals surface area contributed by atoms with E-state index in [9.17, 15) is 9.59 Å². The minimum atomic E-state index is -1.02. The maximum Gasteiger partial charge on any atom is 0.335 e. The number of nitrogens with one attached hydrogen (secondary N) is 2. The van der Waals surface area contributed by atoms with Crippen LogP contribution in [0.3, 0.4) is 0 Å². The van der Waals surface area contributed by atoms with Crippen LogP contribution in [0.4, 0.5) is 5.69 Å². The van der Waals surface area contributed by atoms with Crippen molar-refractivity contribution in [1.29, 1.82) is 0 Å². The van der Waals surface area contributed by atoms with Gasteiger partial charge in [0.15, 0.2) is 0 Å². The Hall–Kier alpha value is -3.59. The summed E-state index contributed by atoms with van der Waals surface area (Å²) in [5, 5.41) is 20.9. The van der Waals surface area contributed by atoms with Crippen LogP contribution in [0.5, 0.6) is 0 Å². The minimum absolute atomic E-state index is 0.0796. The summed E-state index contributed by atoms with van der Waals surface area (Å²) < 4.78 is 5.65. The molecule has 4 aromatic rings. The number of nitrogens with zero attached hydrogens (tertiary/aromatic N) is 2. The predicted octanol–water partition coefficient (Wildman–Crippen LogP) is 3.65. The number of carbonyl (C=O) groups is 2. The molecule has 0 saturated carbocycles. The van der Waals surface area contributed by atoms with Crippen molar-refractivity contribution in [1.82, 2.24) is 15.2 Å². The van der Waals surface area contributed by atoms with E-state index in [2.05, 4.69) is 20.5 Å². The van der Waals surface area contributed by atoms with E-state index < -0.39 is 5.97 Å². The van der Waals surface area contributed by atoms with Crippen molar-refractivity contribution < 1.29 is 19.1 Å². The van der Waals surface area contributed by atoms with Gasteiger partial charge in [0.05, 0.1) is 16.9 Å². The quantitative estimate of drug-likeness (QED) is 0.427. The number of aromatic nitrogens is 3. The van der Waals surface area contributed by atoms with Crippen molar-refractivity contribution in [2.45, 2.75) is 5.22 Å². The summed E-state index contributed by atoms with van der Waals surface area (Å²) in [7, 11) is 0. The van der Waals surface area contributed by atoms with E-state index in [0.717, 1.165) is 28.2 Å². The van der Waals surface area contributed by atoms with Gasteiger partial charge in [-0.05, 0) is 30.3 Å². The third kappa shape index (κ3) is 3.74.